The topological polar surface area (TPSA) is 95.1 Å². The summed E-state index contributed by atoms with van der Waals surface area (Å²) < 4.78 is 0. The van der Waals surface area contributed by atoms with Gasteiger partial charge in [0, 0.05) is 11.6 Å². The van der Waals surface area contributed by atoms with Gasteiger partial charge in [0.2, 0.25) is 0 Å². The lowest BCUT2D eigenvalue weighted by molar-refractivity contribution is -0.141. The van der Waals surface area contributed by atoms with Crippen molar-refractivity contribution in [1.29, 1.82) is 0 Å². The molecular formula is C15H17N3O3. The molecule has 1 amide bonds. The van der Waals surface area contributed by atoms with Gasteiger partial charge in [-0.15, -0.1) is 0 Å². The average Bonchev–Trinajstić information content (AvgIpc) is 2.97. The fourth-order valence-electron chi connectivity index (χ4n) is 1.82. The Morgan fingerprint density at radius 1 is 1.24 bits per heavy atom. The van der Waals surface area contributed by atoms with Gasteiger partial charge in [0.05, 0.1) is 11.6 Å². The molecule has 6 nitrogen and oxygen atoms in total. The van der Waals surface area contributed by atoms with E-state index in [1.165, 1.54) is 0 Å². The molecule has 6 heteroatoms. The number of carbonyl (C=O) groups is 2. The number of rotatable bonds is 5. The van der Waals surface area contributed by atoms with Crippen molar-refractivity contribution in [2.45, 2.75) is 19.9 Å². The molecular weight excluding hydrogens is 270 g/mol. The zero-order valence-corrected chi connectivity index (χ0v) is 11.8. The van der Waals surface area contributed by atoms with E-state index in [9.17, 15) is 9.59 Å². The summed E-state index contributed by atoms with van der Waals surface area (Å²) in [6.07, 6.45) is 0. The molecule has 1 aromatic heterocycles. The largest absolute Gasteiger partial charge is 0.481 e. The minimum Gasteiger partial charge on any atom is -0.481 e. The molecule has 110 valence electrons. The number of aromatic amines is 1. The van der Waals surface area contributed by atoms with E-state index in [-0.39, 0.29) is 5.91 Å². The molecule has 1 aromatic carbocycles. The lowest BCUT2D eigenvalue weighted by Crippen LogP contribution is -2.40. The highest BCUT2D eigenvalue weighted by molar-refractivity contribution is 5.93. The predicted octanol–water partition coefficient (Wildman–Crippen LogP) is 1.92. The highest BCUT2D eigenvalue weighted by atomic mass is 16.4. The van der Waals surface area contributed by atoms with Gasteiger partial charge in [-0.3, -0.25) is 14.7 Å². The van der Waals surface area contributed by atoms with Gasteiger partial charge < -0.3 is 10.4 Å². The second-order valence-corrected chi connectivity index (χ2v) is 4.92. The van der Waals surface area contributed by atoms with E-state index in [4.69, 9.17) is 5.11 Å². The predicted molar refractivity (Wildman–Crippen MR) is 77.8 cm³/mol. The summed E-state index contributed by atoms with van der Waals surface area (Å²) in [5.74, 6) is -1.98. The molecule has 0 bridgehead atoms. The summed E-state index contributed by atoms with van der Waals surface area (Å²) in [5.41, 5.74) is 1.87. The summed E-state index contributed by atoms with van der Waals surface area (Å²) in [5, 5.41) is 18.3. The molecule has 2 rings (SSSR count). The fourth-order valence-corrected chi connectivity index (χ4v) is 1.82. The van der Waals surface area contributed by atoms with Crippen LogP contribution in [0, 0.1) is 5.92 Å². The number of H-pyrrole nitrogens is 1. The molecule has 0 fully saturated rings. The lowest BCUT2D eigenvalue weighted by atomic mass is 10.0. The summed E-state index contributed by atoms with van der Waals surface area (Å²) in [7, 11) is 0. The van der Waals surface area contributed by atoms with Gasteiger partial charge in [-0.2, -0.15) is 5.10 Å². The molecule has 0 aliphatic carbocycles. The van der Waals surface area contributed by atoms with Crippen LogP contribution >= 0.6 is 0 Å². The lowest BCUT2D eigenvalue weighted by Gasteiger charge is -2.16. The number of aromatic nitrogens is 2. The second kappa shape index (κ2) is 6.21. The van der Waals surface area contributed by atoms with Crippen molar-refractivity contribution in [2.75, 3.05) is 0 Å². The minimum atomic E-state index is -0.947. The maximum Gasteiger partial charge on any atom is 0.308 e. The SMILES string of the molecule is CC(NC(=O)c1cc(-c2ccccc2)n[nH]1)C(C)C(=O)O. The third kappa shape index (κ3) is 3.47. The van der Waals surface area contributed by atoms with Crippen LogP contribution in [-0.4, -0.2) is 33.2 Å². The van der Waals surface area contributed by atoms with Crippen LogP contribution in [0.3, 0.4) is 0 Å². The highest BCUT2D eigenvalue weighted by Crippen LogP contribution is 2.17. The number of carboxylic acid groups (broad SMARTS) is 1. The molecule has 0 saturated carbocycles. The number of benzene rings is 1. The highest BCUT2D eigenvalue weighted by Gasteiger charge is 2.22. The normalized spacial score (nSPS) is 13.4. The van der Waals surface area contributed by atoms with Crippen molar-refractivity contribution in [1.82, 2.24) is 15.5 Å². The van der Waals surface area contributed by atoms with Crippen LogP contribution in [-0.2, 0) is 4.79 Å². The van der Waals surface area contributed by atoms with Crippen molar-refractivity contribution < 1.29 is 14.7 Å². The first kappa shape index (κ1) is 14.8. The Morgan fingerprint density at radius 2 is 1.90 bits per heavy atom. The van der Waals surface area contributed by atoms with Crippen LogP contribution in [0.15, 0.2) is 36.4 Å². The molecule has 3 N–H and O–H groups in total. The van der Waals surface area contributed by atoms with Gasteiger partial charge in [-0.25, -0.2) is 0 Å². The van der Waals surface area contributed by atoms with Crippen molar-refractivity contribution in [3.05, 3.63) is 42.1 Å². The quantitative estimate of drug-likeness (QED) is 0.783. The van der Waals surface area contributed by atoms with E-state index in [0.717, 1.165) is 5.56 Å². The van der Waals surface area contributed by atoms with Gasteiger partial charge in [0.25, 0.3) is 5.91 Å². The first-order chi connectivity index (χ1) is 9.99. The van der Waals surface area contributed by atoms with E-state index >= 15 is 0 Å². The first-order valence-electron chi connectivity index (χ1n) is 6.63. The number of hydrogen-bond acceptors (Lipinski definition) is 3. The van der Waals surface area contributed by atoms with E-state index in [0.29, 0.717) is 11.4 Å². The third-order valence-corrected chi connectivity index (χ3v) is 3.39. The van der Waals surface area contributed by atoms with Crippen LogP contribution in [0.5, 0.6) is 0 Å². The maximum absolute atomic E-state index is 12.1. The third-order valence-electron chi connectivity index (χ3n) is 3.39. The molecule has 0 saturated heterocycles. The van der Waals surface area contributed by atoms with Crippen molar-refractivity contribution in [2.24, 2.45) is 5.92 Å². The molecule has 2 unspecified atom stereocenters. The zero-order chi connectivity index (χ0) is 15.4. The molecule has 0 radical (unpaired) electrons. The smallest absolute Gasteiger partial charge is 0.308 e. The number of nitrogens with zero attached hydrogens (tertiary/aromatic N) is 1. The van der Waals surface area contributed by atoms with Crippen molar-refractivity contribution >= 4 is 11.9 Å². The van der Waals surface area contributed by atoms with E-state index < -0.39 is 17.9 Å². The van der Waals surface area contributed by atoms with Gasteiger partial charge in [0.15, 0.2) is 0 Å². The van der Waals surface area contributed by atoms with Crippen LogP contribution in [0.25, 0.3) is 11.3 Å². The van der Waals surface area contributed by atoms with Gasteiger partial charge in [0.1, 0.15) is 5.69 Å². The number of aliphatic carboxylic acids is 1. The van der Waals surface area contributed by atoms with Crippen molar-refractivity contribution in [3.63, 3.8) is 0 Å². The van der Waals surface area contributed by atoms with Gasteiger partial charge in [-0.05, 0) is 19.9 Å². The Bertz CT molecular complexity index is 637. The minimum absolute atomic E-state index is 0.304. The van der Waals surface area contributed by atoms with Crippen LogP contribution < -0.4 is 5.32 Å². The molecule has 0 aliphatic heterocycles. The Balaban J connectivity index is 2.08. The molecule has 2 aromatic rings. The molecule has 21 heavy (non-hydrogen) atoms. The molecule has 0 aliphatic rings. The number of nitrogens with one attached hydrogen (secondary N) is 2. The second-order valence-electron chi connectivity index (χ2n) is 4.92. The van der Waals surface area contributed by atoms with Gasteiger partial charge in [-0.1, -0.05) is 30.3 Å². The fraction of sp³-hybridized carbons (Fsp3) is 0.267. The van der Waals surface area contributed by atoms with Crippen molar-refractivity contribution in [3.8, 4) is 11.3 Å². The summed E-state index contributed by atoms with van der Waals surface area (Å²) in [6.45, 7) is 3.21. The monoisotopic (exact) mass is 287 g/mol. The van der Waals surface area contributed by atoms with Crippen LogP contribution in [0.4, 0.5) is 0 Å². The first-order valence-corrected chi connectivity index (χ1v) is 6.63. The zero-order valence-electron chi connectivity index (χ0n) is 11.8. The van der Waals surface area contributed by atoms with E-state index in [1.807, 2.05) is 30.3 Å². The average molecular weight is 287 g/mol. The Morgan fingerprint density at radius 3 is 2.52 bits per heavy atom. The standard InChI is InChI=1S/C15H17N3O3/c1-9(15(20)21)10(2)16-14(19)13-8-12(17-18-13)11-6-4-3-5-7-11/h3-10H,1-2H3,(H,16,19)(H,17,18)(H,20,21). The number of hydrogen-bond donors (Lipinski definition) is 3. The number of amides is 1. The molecule has 1 heterocycles. The van der Waals surface area contributed by atoms with Gasteiger partial charge >= 0.3 is 5.97 Å². The number of carbonyl (C=O) groups excluding carboxylic acids is 1. The summed E-state index contributed by atoms with van der Waals surface area (Å²) >= 11 is 0. The van der Waals surface area contributed by atoms with E-state index in [2.05, 4.69) is 15.5 Å². The molecule has 2 atom stereocenters. The Labute approximate surface area is 122 Å². The van der Waals surface area contributed by atoms with E-state index in [1.54, 1.807) is 19.9 Å². The Kier molecular flexibility index (Phi) is 4.37. The Hall–Kier alpha value is -2.63. The maximum atomic E-state index is 12.1. The number of carboxylic acids is 1. The summed E-state index contributed by atoms with van der Waals surface area (Å²) in [6, 6.07) is 10.6. The van der Waals surface area contributed by atoms with Crippen LogP contribution in [0.2, 0.25) is 0 Å². The van der Waals surface area contributed by atoms with Crippen LogP contribution in [0.1, 0.15) is 24.3 Å². The molecule has 0 spiro atoms. The summed E-state index contributed by atoms with van der Waals surface area (Å²) in [4.78, 5) is 22.9.